The summed E-state index contributed by atoms with van der Waals surface area (Å²) in [6.07, 6.45) is 1.08. The summed E-state index contributed by atoms with van der Waals surface area (Å²) < 4.78 is 10.2. The molecule has 0 bridgehead atoms. The molecule has 0 fully saturated rings. The summed E-state index contributed by atoms with van der Waals surface area (Å²) in [5, 5.41) is 37.6. The predicted molar refractivity (Wildman–Crippen MR) is 120 cm³/mol. The second-order valence-corrected chi connectivity index (χ2v) is 7.33. The third-order valence-corrected chi connectivity index (χ3v) is 5.81. The highest BCUT2D eigenvalue weighted by Gasteiger charge is 2.39. The summed E-state index contributed by atoms with van der Waals surface area (Å²) in [5.74, 6) is -0.995. The summed E-state index contributed by atoms with van der Waals surface area (Å²) in [4.78, 5) is 33.4. The van der Waals surface area contributed by atoms with Gasteiger partial charge in [0.1, 0.15) is 30.6 Å². The molecule has 0 aromatic heterocycles. The van der Waals surface area contributed by atoms with Crippen molar-refractivity contribution in [2.75, 3.05) is 27.9 Å². The highest BCUT2D eigenvalue weighted by molar-refractivity contribution is 6.32. The molecule has 0 saturated carbocycles. The van der Waals surface area contributed by atoms with E-state index in [0.717, 1.165) is 7.11 Å². The maximum atomic E-state index is 13.2. The second kappa shape index (κ2) is 10.8. The van der Waals surface area contributed by atoms with Crippen LogP contribution < -0.4 is 4.74 Å². The molecule has 0 heterocycles. The molecular formula is C24H27NO8. The number of ether oxygens (including phenoxy) is 2. The Balaban J connectivity index is 0.000000914. The molecule has 9 nitrogen and oxygen atoms in total. The van der Waals surface area contributed by atoms with Crippen LogP contribution in [0.3, 0.4) is 0 Å². The molecule has 0 saturated heterocycles. The van der Waals surface area contributed by atoms with E-state index in [1.807, 2.05) is 6.79 Å². The first-order valence-electron chi connectivity index (χ1n) is 10.1. The number of carbonyl (C=O) groups excluding carboxylic acids is 3. The number of Topliss-reactive ketones (excluding diaryl/α,β-unsaturated/α-hetero) is 1. The van der Waals surface area contributed by atoms with Crippen molar-refractivity contribution in [3.63, 3.8) is 0 Å². The Morgan fingerprint density at radius 1 is 1.09 bits per heavy atom. The van der Waals surface area contributed by atoms with Crippen LogP contribution in [0.4, 0.5) is 0 Å². The molecule has 0 amide bonds. The van der Waals surface area contributed by atoms with Crippen LogP contribution in [0.5, 0.6) is 17.2 Å². The number of phenols is 2. The SMILES string of the molecule is C=O.CO.COCC(=O)C1CCc2c(O)c3c(c(O)c2C1)C(=O)c1cccc(OC)c1C3=N. The number of fused-ring (bicyclic) bond motifs is 3. The number of methoxy groups -OCH3 is 2. The zero-order chi connectivity index (χ0) is 24.9. The van der Waals surface area contributed by atoms with Gasteiger partial charge in [-0.2, -0.15) is 0 Å². The lowest BCUT2D eigenvalue weighted by Gasteiger charge is -2.30. The van der Waals surface area contributed by atoms with Gasteiger partial charge in [-0.3, -0.25) is 15.0 Å². The lowest BCUT2D eigenvalue weighted by Crippen LogP contribution is -2.28. The lowest BCUT2D eigenvalue weighted by atomic mass is 9.74. The van der Waals surface area contributed by atoms with Gasteiger partial charge in [0.05, 0.1) is 29.5 Å². The van der Waals surface area contributed by atoms with E-state index >= 15 is 0 Å². The fourth-order valence-electron chi connectivity index (χ4n) is 4.39. The molecule has 1 unspecified atom stereocenters. The van der Waals surface area contributed by atoms with Crippen LogP contribution in [0.25, 0.3) is 0 Å². The first-order chi connectivity index (χ1) is 15.9. The van der Waals surface area contributed by atoms with Gasteiger partial charge in [-0.1, -0.05) is 12.1 Å². The number of hydrogen-bond donors (Lipinski definition) is 4. The van der Waals surface area contributed by atoms with Crippen molar-refractivity contribution in [3.05, 3.63) is 51.6 Å². The Bertz CT molecular complexity index is 1090. The Morgan fingerprint density at radius 3 is 2.33 bits per heavy atom. The van der Waals surface area contributed by atoms with Gasteiger partial charge < -0.3 is 29.6 Å². The van der Waals surface area contributed by atoms with Gasteiger partial charge in [-0.15, -0.1) is 0 Å². The molecule has 176 valence electrons. The smallest absolute Gasteiger partial charge is 0.198 e. The average Bonchev–Trinajstić information content (AvgIpc) is 2.86. The lowest BCUT2D eigenvalue weighted by molar-refractivity contribution is -0.126. The standard InChI is InChI=1S/C22H21NO6.CH4O.CH2O/c1-28-9-14(24)10-6-7-11-13(8-10)22(27)18-17(20(11)25)19(23)16-12(21(18)26)4-3-5-15(16)29-2;2*1-2/h3-5,10,23,25,27H,6-9H2,1-2H3;2H,1H3;1H2. The Kier molecular flexibility index (Phi) is 8.44. The number of aromatic hydroxyl groups is 2. The van der Waals surface area contributed by atoms with E-state index in [1.165, 1.54) is 14.2 Å². The van der Waals surface area contributed by atoms with Gasteiger partial charge in [-0.05, 0) is 25.3 Å². The van der Waals surface area contributed by atoms with Crippen molar-refractivity contribution >= 4 is 24.1 Å². The van der Waals surface area contributed by atoms with E-state index in [9.17, 15) is 19.8 Å². The van der Waals surface area contributed by atoms with Crippen molar-refractivity contribution in [1.29, 1.82) is 5.41 Å². The minimum absolute atomic E-state index is 0.0184. The molecule has 1 atom stereocenters. The van der Waals surface area contributed by atoms with Gasteiger partial charge in [0.2, 0.25) is 0 Å². The number of aliphatic hydroxyl groups excluding tert-OH is 1. The number of phenolic OH excluding ortho intramolecular Hbond substituents is 2. The quantitative estimate of drug-likeness (QED) is 0.433. The molecule has 9 heteroatoms. The van der Waals surface area contributed by atoms with Crippen LogP contribution in [0, 0.1) is 11.3 Å². The predicted octanol–water partition coefficient (Wildman–Crippen LogP) is 1.81. The van der Waals surface area contributed by atoms with E-state index in [1.54, 1.807) is 18.2 Å². The van der Waals surface area contributed by atoms with Crippen LogP contribution in [0.1, 0.15) is 44.6 Å². The van der Waals surface area contributed by atoms with Gasteiger partial charge in [0.25, 0.3) is 0 Å². The summed E-state index contributed by atoms with van der Waals surface area (Å²) in [7, 11) is 3.90. The van der Waals surface area contributed by atoms with Crippen LogP contribution in [-0.2, 0) is 27.2 Å². The van der Waals surface area contributed by atoms with Crippen molar-refractivity contribution in [3.8, 4) is 17.2 Å². The van der Waals surface area contributed by atoms with Crippen molar-refractivity contribution in [1.82, 2.24) is 0 Å². The summed E-state index contributed by atoms with van der Waals surface area (Å²) in [6.45, 7) is 1.98. The first-order valence-corrected chi connectivity index (χ1v) is 10.1. The number of aliphatic hydroxyl groups is 1. The number of carbonyl (C=O) groups is 3. The molecule has 0 spiro atoms. The number of rotatable bonds is 4. The summed E-state index contributed by atoms with van der Waals surface area (Å²) in [5.41, 5.74) is 1.27. The average molecular weight is 457 g/mol. The molecule has 4 rings (SSSR count). The second-order valence-electron chi connectivity index (χ2n) is 7.33. The van der Waals surface area contributed by atoms with Crippen LogP contribution in [-0.4, -0.2) is 67.3 Å². The Labute approximate surface area is 191 Å². The van der Waals surface area contributed by atoms with Crippen LogP contribution >= 0.6 is 0 Å². The molecule has 2 aliphatic carbocycles. The Morgan fingerprint density at radius 2 is 1.73 bits per heavy atom. The number of benzene rings is 2. The fraction of sp³-hybridized carbons (Fsp3) is 0.333. The first kappa shape index (κ1) is 25.7. The van der Waals surface area contributed by atoms with Gasteiger partial charge in [-0.25, -0.2) is 0 Å². The van der Waals surface area contributed by atoms with Gasteiger partial charge in [0.15, 0.2) is 11.6 Å². The van der Waals surface area contributed by atoms with Crippen molar-refractivity contribution < 1.29 is 39.2 Å². The normalized spacial score (nSPS) is 15.6. The minimum atomic E-state index is -0.481. The maximum absolute atomic E-state index is 13.2. The van der Waals surface area contributed by atoms with Gasteiger partial charge in [0, 0.05) is 36.8 Å². The maximum Gasteiger partial charge on any atom is 0.198 e. The minimum Gasteiger partial charge on any atom is -0.507 e. The van der Waals surface area contributed by atoms with Gasteiger partial charge >= 0.3 is 0 Å². The zero-order valence-corrected chi connectivity index (χ0v) is 18.7. The van der Waals surface area contributed by atoms with Crippen LogP contribution in [0.15, 0.2) is 18.2 Å². The summed E-state index contributed by atoms with van der Waals surface area (Å²) >= 11 is 0. The number of hydrogen-bond acceptors (Lipinski definition) is 9. The monoisotopic (exact) mass is 457 g/mol. The number of ketones is 2. The van der Waals surface area contributed by atoms with E-state index in [-0.39, 0.29) is 58.6 Å². The topological polar surface area (TPSA) is 154 Å². The van der Waals surface area contributed by atoms with E-state index in [2.05, 4.69) is 0 Å². The highest BCUT2D eigenvalue weighted by atomic mass is 16.5. The molecule has 0 radical (unpaired) electrons. The van der Waals surface area contributed by atoms with Crippen LogP contribution in [0.2, 0.25) is 0 Å². The van der Waals surface area contributed by atoms with E-state index in [0.29, 0.717) is 35.3 Å². The van der Waals surface area contributed by atoms with Crippen molar-refractivity contribution in [2.24, 2.45) is 5.92 Å². The molecule has 2 aromatic carbocycles. The molecule has 4 N–H and O–H groups in total. The van der Waals surface area contributed by atoms with Crippen molar-refractivity contribution in [2.45, 2.75) is 19.3 Å². The van der Waals surface area contributed by atoms with E-state index < -0.39 is 5.78 Å². The number of nitrogens with one attached hydrogen (secondary N) is 1. The molecule has 2 aromatic rings. The molecular weight excluding hydrogens is 430 g/mol. The largest absolute Gasteiger partial charge is 0.507 e. The third kappa shape index (κ3) is 4.24. The zero-order valence-electron chi connectivity index (χ0n) is 18.7. The highest BCUT2D eigenvalue weighted by Crippen LogP contribution is 2.47. The Hall–Kier alpha value is -3.56. The third-order valence-electron chi connectivity index (χ3n) is 5.81. The molecule has 2 aliphatic rings. The summed E-state index contributed by atoms with van der Waals surface area (Å²) in [6, 6.07) is 4.86. The molecule has 0 aliphatic heterocycles. The fourth-order valence-corrected chi connectivity index (χ4v) is 4.39. The van der Waals surface area contributed by atoms with E-state index in [4.69, 9.17) is 24.8 Å². The molecule has 33 heavy (non-hydrogen) atoms.